The average molecular weight is 700 g/mol. The van der Waals surface area contributed by atoms with Crippen molar-refractivity contribution in [3.05, 3.63) is 0 Å². The molecule has 0 fully saturated rings. The molecule has 0 aromatic rings. The Morgan fingerprint density at radius 3 is 1.18 bits per heavy atom. The summed E-state index contributed by atoms with van der Waals surface area (Å²) in [4.78, 5) is 75.2. The Labute approximate surface area is 294 Å². The summed E-state index contributed by atoms with van der Waals surface area (Å²) in [6, 6.07) is 0. The summed E-state index contributed by atoms with van der Waals surface area (Å²) in [5.41, 5.74) is -3.22. The molecule has 12 heteroatoms. The summed E-state index contributed by atoms with van der Waals surface area (Å²) >= 11 is 0. The van der Waals surface area contributed by atoms with Gasteiger partial charge >= 0.3 is 29.8 Å². The summed E-state index contributed by atoms with van der Waals surface area (Å²) in [6.45, 7) is 18.3. The maximum atomic E-state index is 13.3. The van der Waals surface area contributed by atoms with Gasteiger partial charge in [0.25, 0.3) is 0 Å². The van der Waals surface area contributed by atoms with Crippen molar-refractivity contribution in [2.45, 2.75) is 188 Å². The first-order chi connectivity index (χ1) is 22.5. The van der Waals surface area contributed by atoms with Gasteiger partial charge in [-0.15, -0.1) is 0 Å². The van der Waals surface area contributed by atoms with Gasteiger partial charge in [-0.2, -0.15) is 0 Å². The van der Waals surface area contributed by atoms with Crippen LogP contribution < -0.4 is 5.32 Å². The van der Waals surface area contributed by atoms with E-state index < -0.39 is 58.6 Å². The van der Waals surface area contributed by atoms with Crippen LogP contribution in [0.2, 0.25) is 0 Å². The number of nitrogens with one attached hydrogen (secondary N) is 1. The molecular formula is C37H65NO11. The van der Waals surface area contributed by atoms with Crippen molar-refractivity contribution >= 4 is 35.8 Å². The zero-order valence-electron chi connectivity index (χ0n) is 32.0. The van der Waals surface area contributed by atoms with Crippen LogP contribution >= 0.6 is 0 Å². The number of carbonyl (C=O) groups is 6. The van der Waals surface area contributed by atoms with Crippen LogP contribution in [0.1, 0.15) is 166 Å². The summed E-state index contributed by atoms with van der Waals surface area (Å²) in [5.74, 6) is -2.95. The van der Waals surface area contributed by atoms with E-state index in [9.17, 15) is 28.8 Å². The van der Waals surface area contributed by atoms with E-state index in [0.29, 0.717) is 25.9 Å². The highest BCUT2D eigenvalue weighted by atomic mass is 16.6. The molecule has 0 rings (SSSR count). The fourth-order valence-corrected chi connectivity index (χ4v) is 4.81. The SMILES string of the molecule is CCCCCCOC(=O)CC(=O)OCCCCCC(=O)NC(CCC(=O)OC(C)(C)C)(CCC(=O)OC(C)(C)C)CCC(=O)OC(C)(C)C. The quantitative estimate of drug-likeness (QED) is 0.0515. The van der Waals surface area contributed by atoms with Crippen LogP contribution in [0.15, 0.2) is 0 Å². The predicted molar refractivity (Wildman–Crippen MR) is 185 cm³/mol. The summed E-state index contributed by atoms with van der Waals surface area (Å²) < 4.78 is 26.7. The third kappa shape index (κ3) is 27.3. The third-order valence-electron chi connectivity index (χ3n) is 6.95. The normalized spacial score (nSPS) is 12.1. The van der Waals surface area contributed by atoms with Gasteiger partial charge in [0, 0.05) is 31.2 Å². The van der Waals surface area contributed by atoms with Gasteiger partial charge in [0.05, 0.1) is 13.2 Å². The second-order valence-corrected chi connectivity index (χ2v) is 15.6. The Hall–Kier alpha value is -3.18. The second-order valence-electron chi connectivity index (χ2n) is 15.6. The molecule has 0 aromatic heterocycles. The third-order valence-corrected chi connectivity index (χ3v) is 6.95. The molecule has 0 heterocycles. The summed E-state index contributed by atoms with van der Waals surface area (Å²) in [6.07, 6.45) is 5.39. The molecule has 0 unspecified atom stereocenters. The van der Waals surface area contributed by atoms with Crippen LogP contribution in [0.25, 0.3) is 0 Å². The van der Waals surface area contributed by atoms with Gasteiger partial charge in [-0.05, 0) is 107 Å². The largest absolute Gasteiger partial charge is 0.465 e. The molecule has 0 atom stereocenters. The van der Waals surface area contributed by atoms with E-state index in [-0.39, 0.29) is 57.5 Å². The highest BCUT2D eigenvalue weighted by molar-refractivity contribution is 5.91. The zero-order valence-corrected chi connectivity index (χ0v) is 32.0. The summed E-state index contributed by atoms with van der Waals surface area (Å²) in [5, 5.41) is 3.04. The molecule has 0 aromatic carbocycles. The van der Waals surface area contributed by atoms with Crippen LogP contribution in [0.5, 0.6) is 0 Å². The minimum absolute atomic E-state index is 0.0437. The van der Waals surface area contributed by atoms with E-state index in [4.69, 9.17) is 23.7 Å². The topological polar surface area (TPSA) is 161 Å². The van der Waals surface area contributed by atoms with Crippen molar-refractivity contribution in [1.82, 2.24) is 5.32 Å². The van der Waals surface area contributed by atoms with Crippen molar-refractivity contribution in [3.63, 3.8) is 0 Å². The molecule has 284 valence electrons. The number of carbonyl (C=O) groups excluding carboxylic acids is 6. The van der Waals surface area contributed by atoms with Gasteiger partial charge in [0.15, 0.2) is 0 Å². The molecule has 1 amide bonds. The molecular weight excluding hydrogens is 634 g/mol. The Balaban J connectivity index is 5.36. The van der Waals surface area contributed by atoms with Gasteiger partial charge in [0.2, 0.25) is 5.91 Å². The fourth-order valence-electron chi connectivity index (χ4n) is 4.81. The van der Waals surface area contributed by atoms with E-state index in [1.54, 1.807) is 62.3 Å². The van der Waals surface area contributed by atoms with Crippen molar-refractivity contribution in [1.29, 1.82) is 0 Å². The first-order valence-corrected chi connectivity index (χ1v) is 17.8. The van der Waals surface area contributed by atoms with Crippen molar-refractivity contribution in [2.24, 2.45) is 0 Å². The number of hydrogen-bond acceptors (Lipinski definition) is 11. The average Bonchev–Trinajstić information content (AvgIpc) is 2.92. The van der Waals surface area contributed by atoms with Crippen LogP contribution in [0.4, 0.5) is 0 Å². The van der Waals surface area contributed by atoms with E-state index in [2.05, 4.69) is 12.2 Å². The first-order valence-electron chi connectivity index (χ1n) is 17.8. The number of rotatable bonds is 23. The molecule has 0 aliphatic rings. The highest BCUT2D eigenvalue weighted by Gasteiger charge is 2.35. The predicted octanol–water partition coefficient (Wildman–Crippen LogP) is 6.82. The minimum atomic E-state index is -1.10. The van der Waals surface area contributed by atoms with Crippen molar-refractivity contribution in [3.8, 4) is 0 Å². The second kappa shape index (κ2) is 22.5. The summed E-state index contributed by atoms with van der Waals surface area (Å²) in [7, 11) is 0. The fraction of sp³-hybridized carbons (Fsp3) is 0.838. The number of unbranched alkanes of at least 4 members (excludes halogenated alkanes) is 5. The lowest BCUT2D eigenvalue weighted by molar-refractivity contribution is -0.157. The van der Waals surface area contributed by atoms with Gasteiger partial charge in [-0.3, -0.25) is 28.8 Å². The Kier molecular flexibility index (Phi) is 21.1. The number of amides is 1. The standard InChI is InChI=1S/C37H65NO11/c1-11-12-13-16-25-45-32(43)27-33(44)46-26-17-14-15-18-28(39)38-37(22-19-29(40)47-34(2,3)4,23-20-30(41)48-35(5,6)7)24-21-31(42)49-36(8,9)10/h11-27H2,1-10H3,(H,38,39). The van der Waals surface area contributed by atoms with Gasteiger partial charge in [-0.25, -0.2) is 0 Å². The van der Waals surface area contributed by atoms with E-state index in [1.165, 1.54) is 0 Å². The van der Waals surface area contributed by atoms with Crippen LogP contribution in [0.3, 0.4) is 0 Å². The number of hydrogen-bond donors (Lipinski definition) is 1. The maximum absolute atomic E-state index is 13.3. The van der Waals surface area contributed by atoms with Crippen LogP contribution in [-0.2, 0) is 52.5 Å². The Morgan fingerprint density at radius 1 is 0.469 bits per heavy atom. The van der Waals surface area contributed by atoms with Crippen molar-refractivity contribution in [2.75, 3.05) is 13.2 Å². The van der Waals surface area contributed by atoms with Gasteiger partial charge < -0.3 is 29.0 Å². The molecule has 0 aliphatic carbocycles. The Bertz CT molecular complexity index is 969. The highest BCUT2D eigenvalue weighted by Crippen LogP contribution is 2.29. The molecule has 0 spiro atoms. The lowest BCUT2D eigenvalue weighted by Crippen LogP contribution is -2.50. The van der Waals surface area contributed by atoms with E-state index in [0.717, 1.165) is 25.7 Å². The maximum Gasteiger partial charge on any atom is 0.317 e. The lowest BCUT2D eigenvalue weighted by Gasteiger charge is -2.36. The van der Waals surface area contributed by atoms with Crippen molar-refractivity contribution < 1.29 is 52.5 Å². The van der Waals surface area contributed by atoms with Crippen LogP contribution in [-0.4, -0.2) is 71.3 Å². The monoisotopic (exact) mass is 699 g/mol. The zero-order chi connectivity index (χ0) is 37.7. The smallest absolute Gasteiger partial charge is 0.317 e. The molecule has 12 nitrogen and oxygen atoms in total. The molecule has 49 heavy (non-hydrogen) atoms. The number of esters is 5. The van der Waals surface area contributed by atoms with Gasteiger partial charge in [-0.1, -0.05) is 26.2 Å². The molecule has 0 radical (unpaired) electrons. The van der Waals surface area contributed by atoms with E-state index in [1.807, 2.05) is 0 Å². The number of ether oxygens (including phenoxy) is 5. The minimum Gasteiger partial charge on any atom is -0.465 e. The first kappa shape index (κ1) is 45.8. The van der Waals surface area contributed by atoms with Crippen LogP contribution in [0, 0.1) is 0 Å². The molecule has 1 N–H and O–H groups in total. The lowest BCUT2D eigenvalue weighted by atomic mass is 9.83. The Morgan fingerprint density at radius 2 is 0.837 bits per heavy atom. The molecule has 0 bridgehead atoms. The van der Waals surface area contributed by atoms with Gasteiger partial charge in [0.1, 0.15) is 23.2 Å². The molecule has 0 aliphatic heterocycles. The molecule has 0 saturated carbocycles. The van der Waals surface area contributed by atoms with E-state index >= 15 is 0 Å². The molecule has 0 saturated heterocycles.